The highest BCUT2D eigenvalue weighted by Crippen LogP contribution is 2.21. The first kappa shape index (κ1) is 18.9. The van der Waals surface area contributed by atoms with Crippen molar-refractivity contribution in [3.8, 4) is 0 Å². The van der Waals surface area contributed by atoms with E-state index in [4.69, 9.17) is 11.6 Å². The van der Waals surface area contributed by atoms with E-state index in [9.17, 15) is 4.79 Å². The van der Waals surface area contributed by atoms with E-state index in [1.165, 1.54) is 5.56 Å². The highest BCUT2D eigenvalue weighted by atomic mass is 35.5. The van der Waals surface area contributed by atoms with Crippen LogP contribution in [0.4, 0.5) is 11.5 Å². The van der Waals surface area contributed by atoms with Crippen LogP contribution >= 0.6 is 11.6 Å². The first-order valence-corrected chi connectivity index (χ1v) is 9.04. The minimum atomic E-state index is -0.193. The number of likely N-dealkylation sites (N-methyl/N-ethyl adjacent to an activating group) is 1. The number of hydrogen-bond donors (Lipinski definition) is 1. The first-order chi connectivity index (χ1) is 13.0. The molecule has 27 heavy (non-hydrogen) atoms. The van der Waals surface area contributed by atoms with Gasteiger partial charge in [-0.15, -0.1) is 0 Å². The third-order valence-corrected chi connectivity index (χ3v) is 4.72. The molecule has 0 aliphatic carbocycles. The Morgan fingerprint density at radius 1 is 1.11 bits per heavy atom. The summed E-state index contributed by atoms with van der Waals surface area (Å²) in [6.45, 7) is 2.71. The second-order valence-electron chi connectivity index (χ2n) is 6.35. The minimum absolute atomic E-state index is 0.193. The number of carbonyl (C=O) groups excluding carboxylic acids is 1. The van der Waals surface area contributed by atoms with Crippen LogP contribution < -0.4 is 10.2 Å². The van der Waals surface area contributed by atoms with E-state index < -0.39 is 0 Å². The van der Waals surface area contributed by atoms with Gasteiger partial charge in [0.15, 0.2) is 0 Å². The smallest absolute Gasteiger partial charge is 0.255 e. The molecule has 1 aromatic carbocycles. The van der Waals surface area contributed by atoms with Gasteiger partial charge in [-0.2, -0.15) is 0 Å². The zero-order chi connectivity index (χ0) is 19.2. The molecule has 0 aliphatic heterocycles. The van der Waals surface area contributed by atoms with Crippen molar-refractivity contribution in [1.82, 2.24) is 9.97 Å². The maximum absolute atomic E-state index is 12.6. The standard InChI is InChI=1S/C21H21ClN4O/c1-15-3-4-18(14-19(15)22)25-21(27)17-7-11-24-20(13-17)26(2)12-8-16-5-9-23-10-6-16/h3-7,9-11,13-14H,8,12H2,1-2H3,(H,25,27). The molecule has 138 valence electrons. The summed E-state index contributed by atoms with van der Waals surface area (Å²) < 4.78 is 0. The van der Waals surface area contributed by atoms with Crippen molar-refractivity contribution in [1.29, 1.82) is 0 Å². The summed E-state index contributed by atoms with van der Waals surface area (Å²) in [5, 5.41) is 3.50. The Balaban J connectivity index is 1.66. The number of nitrogens with zero attached hydrogens (tertiary/aromatic N) is 3. The van der Waals surface area contributed by atoms with Crippen LogP contribution in [0, 0.1) is 6.92 Å². The molecule has 1 N–H and O–H groups in total. The van der Waals surface area contributed by atoms with E-state index in [-0.39, 0.29) is 5.91 Å². The summed E-state index contributed by atoms with van der Waals surface area (Å²) >= 11 is 6.12. The predicted molar refractivity (Wildman–Crippen MR) is 110 cm³/mol. The van der Waals surface area contributed by atoms with Gasteiger partial charge in [-0.05, 0) is 60.9 Å². The molecule has 0 atom stereocenters. The summed E-state index contributed by atoms with van der Waals surface area (Å²) in [5.74, 6) is 0.555. The second kappa shape index (κ2) is 8.64. The van der Waals surface area contributed by atoms with Crippen LogP contribution in [0.3, 0.4) is 0 Å². The maximum Gasteiger partial charge on any atom is 0.255 e. The van der Waals surface area contributed by atoms with Gasteiger partial charge < -0.3 is 10.2 Å². The monoisotopic (exact) mass is 380 g/mol. The third kappa shape index (κ3) is 5.05. The largest absolute Gasteiger partial charge is 0.359 e. The van der Waals surface area contributed by atoms with E-state index in [1.54, 1.807) is 36.8 Å². The van der Waals surface area contributed by atoms with Crippen LogP contribution in [0.2, 0.25) is 5.02 Å². The molecule has 0 saturated carbocycles. The van der Waals surface area contributed by atoms with E-state index in [1.807, 2.05) is 43.1 Å². The fraction of sp³-hybridized carbons (Fsp3) is 0.190. The van der Waals surface area contributed by atoms with Crippen molar-refractivity contribution in [2.24, 2.45) is 0 Å². The molecule has 2 heterocycles. The average molecular weight is 381 g/mol. The fourth-order valence-electron chi connectivity index (χ4n) is 2.60. The van der Waals surface area contributed by atoms with Crippen LogP contribution in [-0.4, -0.2) is 29.5 Å². The van der Waals surface area contributed by atoms with E-state index >= 15 is 0 Å². The average Bonchev–Trinajstić information content (AvgIpc) is 2.70. The van der Waals surface area contributed by atoms with Crippen molar-refractivity contribution < 1.29 is 4.79 Å². The SMILES string of the molecule is Cc1ccc(NC(=O)c2ccnc(N(C)CCc3ccncc3)c2)cc1Cl. The molecule has 3 aromatic rings. The Morgan fingerprint density at radius 2 is 1.89 bits per heavy atom. The van der Waals surface area contributed by atoms with Crippen molar-refractivity contribution in [2.75, 3.05) is 23.8 Å². The molecular formula is C21H21ClN4O. The summed E-state index contributed by atoms with van der Waals surface area (Å²) in [4.78, 5) is 23.0. The number of amides is 1. The quantitative estimate of drug-likeness (QED) is 0.689. The molecule has 0 saturated heterocycles. The van der Waals surface area contributed by atoms with E-state index in [0.29, 0.717) is 16.3 Å². The van der Waals surface area contributed by atoms with Crippen LogP contribution in [0.5, 0.6) is 0 Å². The second-order valence-corrected chi connectivity index (χ2v) is 6.76. The molecule has 0 aliphatic rings. The lowest BCUT2D eigenvalue weighted by atomic mass is 10.2. The van der Waals surface area contributed by atoms with Crippen molar-refractivity contribution in [3.63, 3.8) is 0 Å². The molecule has 0 spiro atoms. The molecule has 0 bridgehead atoms. The summed E-state index contributed by atoms with van der Waals surface area (Å²) in [6.07, 6.45) is 6.10. The Kier molecular flexibility index (Phi) is 6.04. The predicted octanol–water partition coefficient (Wildman–Crippen LogP) is 4.37. The van der Waals surface area contributed by atoms with Crippen LogP contribution in [0.1, 0.15) is 21.5 Å². The highest BCUT2D eigenvalue weighted by molar-refractivity contribution is 6.31. The highest BCUT2D eigenvalue weighted by Gasteiger charge is 2.10. The number of nitrogens with one attached hydrogen (secondary N) is 1. The molecule has 3 rings (SSSR count). The Morgan fingerprint density at radius 3 is 2.63 bits per heavy atom. The summed E-state index contributed by atoms with van der Waals surface area (Å²) in [7, 11) is 1.96. The molecule has 6 heteroatoms. The number of hydrogen-bond acceptors (Lipinski definition) is 4. The van der Waals surface area contributed by atoms with Crippen LogP contribution in [-0.2, 0) is 6.42 Å². The zero-order valence-corrected chi connectivity index (χ0v) is 16.1. The first-order valence-electron chi connectivity index (χ1n) is 8.66. The van der Waals surface area contributed by atoms with Gasteiger partial charge in [0.1, 0.15) is 5.82 Å². The molecule has 5 nitrogen and oxygen atoms in total. The molecule has 1 amide bonds. The minimum Gasteiger partial charge on any atom is -0.359 e. The van der Waals surface area contributed by atoms with E-state index in [2.05, 4.69) is 15.3 Å². The topological polar surface area (TPSA) is 58.1 Å². The van der Waals surface area contributed by atoms with Gasteiger partial charge in [-0.25, -0.2) is 4.98 Å². The van der Waals surface area contributed by atoms with Gasteiger partial charge in [-0.1, -0.05) is 17.7 Å². The summed E-state index contributed by atoms with van der Waals surface area (Å²) in [6, 6.07) is 12.9. The number of aromatic nitrogens is 2. The molecule has 2 aromatic heterocycles. The molecule has 0 fully saturated rings. The van der Waals surface area contributed by atoms with Gasteiger partial charge in [0, 0.05) is 48.5 Å². The van der Waals surface area contributed by atoms with Crippen LogP contribution in [0.15, 0.2) is 61.1 Å². The van der Waals surface area contributed by atoms with Gasteiger partial charge in [-0.3, -0.25) is 9.78 Å². The molecular weight excluding hydrogens is 360 g/mol. The lowest BCUT2D eigenvalue weighted by molar-refractivity contribution is 0.102. The maximum atomic E-state index is 12.6. The lowest BCUT2D eigenvalue weighted by Gasteiger charge is -2.18. The van der Waals surface area contributed by atoms with Gasteiger partial charge in [0.2, 0.25) is 0 Å². The Hall–Kier alpha value is -2.92. The Bertz CT molecular complexity index is 930. The van der Waals surface area contributed by atoms with Gasteiger partial charge in [0.25, 0.3) is 5.91 Å². The van der Waals surface area contributed by atoms with Crippen molar-refractivity contribution in [2.45, 2.75) is 13.3 Å². The number of aryl methyl sites for hydroxylation is 1. The molecule has 0 unspecified atom stereocenters. The molecule has 0 radical (unpaired) electrons. The Labute approximate surface area is 164 Å². The number of carbonyl (C=O) groups is 1. The lowest BCUT2D eigenvalue weighted by Crippen LogP contribution is -2.22. The fourth-order valence-corrected chi connectivity index (χ4v) is 2.78. The van der Waals surface area contributed by atoms with Gasteiger partial charge >= 0.3 is 0 Å². The van der Waals surface area contributed by atoms with Gasteiger partial charge in [0.05, 0.1) is 0 Å². The van der Waals surface area contributed by atoms with Crippen molar-refractivity contribution >= 4 is 29.0 Å². The van der Waals surface area contributed by atoms with E-state index in [0.717, 1.165) is 24.3 Å². The zero-order valence-electron chi connectivity index (χ0n) is 15.3. The number of rotatable bonds is 6. The number of benzene rings is 1. The number of halogens is 1. The van der Waals surface area contributed by atoms with Crippen LogP contribution in [0.25, 0.3) is 0 Å². The number of pyridine rings is 2. The third-order valence-electron chi connectivity index (χ3n) is 4.31. The number of anilines is 2. The normalized spacial score (nSPS) is 10.5. The van der Waals surface area contributed by atoms with Crippen molar-refractivity contribution in [3.05, 3.63) is 82.8 Å². The summed E-state index contributed by atoms with van der Waals surface area (Å²) in [5.41, 5.74) is 3.39.